The van der Waals surface area contributed by atoms with Crippen molar-refractivity contribution in [3.8, 4) is 0 Å². The van der Waals surface area contributed by atoms with Crippen LogP contribution in [0.2, 0.25) is 0 Å². The maximum Gasteiger partial charge on any atom is 0.326 e. The number of aromatic nitrogens is 4. The van der Waals surface area contributed by atoms with E-state index in [-0.39, 0.29) is 23.7 Å². The molecular formula is C50H56N8O4. The van der Waals surface area contributed by atoms with E-state index in [2.05, 4.69) is 93.2 Å². The van der Waals surface area contributed by atoms with Gasteiger partial charge in [0, 0.05) is 34.9 Å². The summed E-state index contributed by atoms with van der Waals surface area (Å²) in [5, 5.41) is 11.2. The van der Waals surface area contributed by atoms with Gasteiger partial charge in [0.25, 0.3) is 11.1 Å². The van der Waals surface area contributed by atoms with Gasteiger partial charge in [0.2, 0.25) is 11.9 Å². The summed E-state index contributed by atoms with van der Waals surface area (Å²) in [5.74, 6) is 0.540. The fraction of sp³-hybridized carbons (Fsp3) is 0.280. The van der Waals surface area contributed by atoms with Crippen LogP contribution < -0.4 is 32.4 Å². The van der Waals surface area contributed by atoms with E-state index in [1.54, 1.807) is 0 Å². The van der Waals surface area contributed by atoms with Crippen LogP contribution >= 0.6 is 0 Å². The van der Waals surface area contributed by atoms with E-state index in [1.165, 1.54) is 12.1 Å². The van der Waals surface area contributed by atoms with Crippen molar-refractivity contribution in [2.45, 2.75) is 90.9 Å². The first-order chi connectivity index (χ1) is 30.2. The molecule has 2 aromatic heterocycles. The SMILES string of the molecule is CCCCC(CC)c1cc(=O)nc(NC(=O)Nc2ccc(/C(=C(\c3ccccc3)c3ccc(NC(=O)Nc4nc(=O)cc(C(CC)CCCC)[nH]4)cc3)c3ccccc3)cc2)[nH]1. The summed E-state index contributed by atoms with van der Waals surface area (Å²) in [6, 6.07) is 37.3. The smallest absolute Gasteiger partial charge is 0.326 e. The molecular weight excluding hydrogens is 777 g/mol. The van der Waals surface area contributed by atoms with E-state index in [9.17, 15) is 19.2 Å². The number of unbranched alkanes of at least 4 members (excludes halogenated alkanes) is 2. The predicted molar refractivity (Wildman–Crippen MR) is 251 cm³/mol. The number of hydrogen-bond acceptors (Lipinski definition) is 6. The van der Waals surface area contributed by atoms with Crippen LogP contribution in [0.1, 0.15) is 125 Å². The van der Waals surface area contributed by atoms with E-state index in [0.717, 1.165) is 96.2 Å². The molecule has 6 rings (SSSR count). The monoisotopic (exact) mass is 832 g/mol. The number of amides is 4. The number of nitrogens with zero attached hydrogens (tertiary/aromatic N) is 2. The first kappa shape index (κ1) is 44.5. The van der Waals surface area contributed by atoms with E-state index in [0.29, 0.717) is 11.4 Å². The Morgan fingerprint density at radius 3 is 1.19 bits per heavy atom. The molecule has 0 radical (unpaired) electrons. The van der Waals surface area contributed by atoms with Crippen molar-refractivity contribution in [3.63, 3.8) is 0 Å². The van der Waals surface area contributed by atoms with E-state index in [1.807, 2.05) is 84.9 Å². The van der Waals surface area contributed by atoms with Crippen molar-refractivity contribution < 1.29 is 9.59 Å². The maximum absolute atomic E-state index is 13.2. The quantitative estimate of drug-likeness (QED) is 0.0470. The highest BCUT2D eigenvalue weighted by Gasteiger charge is 2.19. The van der Waals surface area contributed by atoms with Crippen molar-refractivity contribution in [3.05, 3.63) is 176 Å². The van der Waals surface area contributed by atoms with Gasteiger partial charge < -0.3 is 20.6 Å². The molecule has 320 valence electrons. The van der Waals surface area contributed by atoms with Gasteiger partial charge in [0.05, 0.1) is 0 Å². The van der Waals surface area contributed by atoms with Crippen LogP contribution in [0.4, 0.5) is 32.9 Å². The number of anilines is 4. The van der Waals surface area contributed by atoms with Gasteiger partial charge in [0.1, 0.15) is 0 Å². The third kappa shape index (κ3) is 12.0. The molecule has 0 fully saturated rings. The topological polar surface area (TPSA) is 174 Å². The second-order valence-electron chi connectivity index (χ2n) is 15.3. The lowest BCUT2D eigenvalue weighted by Gasteiger charge is -2.19. The van der Waals surface area contributed by atoms with Crippen LogP contribution in [0.25, 0.3) is 11.1 Å². The third-order valence-electron chi connectivity index (χ3n) is 10.9. The van der Waals surface area contributed by atoms with Gasteiger partial charge in [-0.3, -0.25) is 20.2 Å². The lowest BCUT2D eigenvalue weighted by Crippen LogP contribution is -2.24. The standard InChI is InChI=1S/C50H56N8O4/c1-5-9-17-33(7-3)41-31-43(59)55-47(53-41)57-49(61)51-39-27-23-37(24-28-39)45(35-19-13-11-14-20-35)46(36-21-15-12-16-22-36)38-25-29-40(30-26-38)52-50(62)58-48-54-42(32-44(60)56-48)34(8-4)18-10-6-2/h11-16,19-34H,5-10,17-18H2,1-4H3,(H3,51,53,55,57,59,61)(H3,52,54,56,58,60,62)/b46-45+. The van der Waals surface area contributed by atoms with Crippen LogP contribution in [0, 0.1) is 0 Å². The second kappa shape index (κ2) is 22.0. The summed E-state index contributed by atoms with van der Waals surface area (Å²) in [4.78, 5) is 65.6. The maximum atomic E-state index is 13.2. The van der Waals surface area contributed by atoms with Gasteiger partial charge >= 0.3 is 12.1 Å². The minimum atomic E-state index is -0.531. The van der Waals surface area contributed by atoms with Crippen LogP contribution in [0.3, 0.4) is 0 Å². The molecule has 2 unspecified atom stereocenters. The second-order valence-corrected chi connectivity index (χ2v) is 15.3. The van der Waals surface area contributed by atoms with E-state index >= 15 is 0 Å². The molecule has 6 N–H and O–H groups in total. The lowest BCUT2D eigenvalue weighted by atomic mass is 9.85. The predicted octanol–water partition coefficient (Wildman–Crippen LogP) is 11.5. The van der Waals surface area contributed by atoms with Gasteiger partial charge in [-0.05, 0) is 95.2 Å². The van der Waals surface area contributed by atoms with Gasteiger partial charge in [0.15, 0.2) is 0 Å². The van der Waals surface area contributed by atoms with Crippen LogP contribution in [0.15, 0.2) is 131 Å². The number of aromatic amines is 2. The summed E-state index contributed by atoms with van der Waals surface area (Å²) in [6.45, 7) is 8.44. The fourth-order valence-corrected chi connectivity index (χ4v) is 7.67. The fourth-order valence-electron chi connectivity index (χ4n) is 7.67. The van der Waals surface area contributed by atoms with Crippen molar-refractivity contribution in [1.29, 1.82) is 0 Å². The average Bonchev–Trinajstić information content (AvgIpc) is 3.27. The molecule has 62 heavy (non-hydrogen) atoms. The molecule has 0 bridgehead atoms. The van der Waals surface area contributed by atoms with Gasteiger partial charge in [-0.15, -0.1) is 0 Å². The van der Waals surface area contributed by atoms with Crippen molar-refractivity contribution in [1.82, 2.24) is 19.9 Å². The molecule has 2 heterocycles. The van der Waals surface area contributed by atoms with Gasteiger partial charge in [-0.25, -0.2) is 9.59 Å². The van der Waals surface area contributed by atoms with Crippen molar-refractivity contribution >= 4 is 46.5 Å². The average molecular weight is 833 g/mol. The van der Waals surface area contributed by atoms with Crippen LogP contribution in [0.5, 0.6) is 0 Å². The third-order valence-corrected chi connectivity index (χ3v) is 10.9. The molecule has 0 aliphatic carbocycles. The summed E-state index contributed by atoms with van der Waals surface area (Å²) in [5.41, 5.74) is 7.50. The van der Waals surface area contributed by atoms with Gasteiger partial charge in [-0.1, -0.05) is 138 Å². The molecule has 6 aromatic rings. The highest BCUT2D eigenvalue weighted by Crippen LogP contribution is 2.37. The normalized spacial score (nSPS) is 12.5. The Kier molecular flexibility index (Phi) is 15.8. The van der Waals surface area contributed by atoms with Crippen LogP contribution in [-0.4, -0.2) is 32.0 Å². The zero-order valence-electron chi connectivity index (χ0n) is 35.9. The molecule has 0 spiro atoms. The highest BCUT2D eigenvalue weighted by atomic mass is 16.2. The first-order valence-corrected chi connectivity index (χ1v) is 21.6. The number of rotatable bonds is 18. The number of nitrogens with one attached hydrogen (secondary N) is 6. The molecule has 4 aromatic carbocycles. The molecule has 0 saturated carbocycles. The Balaban J connectivity index is 1.25. The number of urea groups is 2. The molecule has 12 nitrogen and oxygen atoms in total. The Labute approximate surface area is 362 Å². The Morgan fingerprint density at radius 1 is 0.500 bits per heavy atom. The molecule has 0 aliphatic heterocycles. The van der Waals surface area contributed by atoms with Crippen LogP contribution in [-0.2, 0) is 0 Å². The van der Waals surface area contributed by atoms with E-state index in [4.69, 9.17) is 0 Å². The number of benzene rings is 4. The summed E-state index contributed by atoms with van der Waals surface area (Å²) in [7, 11) is 0. The highest BCUT2D eigenvalue weighted by molar-refractivity contribution is 6.05. The van der Waals surface area contributed by atoms with Gasteiger partial charge in [-0.2, -0.15) is 9.97 Å². The largest absolute Gasteiger partial charge is 0.329 e. The summed E-state index contributed by atoms with van der Waals surface area (Å²) < 4.78 is 0. The molecule has 12 heteroatoms. The molecule has 0 saturated heterocycles. The Morgan fingerprint density at radius 2 is 0.855 bits per heavy atom. The first-order valence-electron chi connectivity index (χ1n) is 21.6. The molecule has 0 aliphatic rings. The summed E-state index contributed by atoms with van der Waals surface area (Å²) >= 11 is 0. The zero-order chi connectivity index (χ0) is 43.8. The number of carbonyl (C=O) groups is 2. The Bertz CT molecular complexity index is 2370. The molecule has 4 amide bonds. The van der Waals surface area contributed by atoms with Crippen molar-refractivity contribution in [2.24, 2.45) is 0 Å². The number of carbonyl (C=O) groups excluding carboxylic acids is 2. The van der Waals surface area contributed by atoms with E-state index < -0.39 is 23.2 Å². The summed E-state index contributed by atoms with van der Waals surface area (Å²) in [6.07, 6.45) is 7.80. The van der Waals surface area contributed by atoms with Crippen molar-refractivity contribution in [2.75, 3.05) is 21.3 Å². The minimum Gasteiger partial charge on any atom is -0.329 e. The molecule has 2 atom stereocenters. The number of H-pyrrole nitrogens is 2. The number of hydrogen-bond donors (Lipinski definition) is 6. The Hall–Kier alpha value is -7.08. The minimum absolute atomic E-state index is 0.0987. The lowest BCUT2D eigenvalue weighted by molar-refractivity contribution is 0.261. The zero-order valence-corrected chi connectivity index (χ0v) is 35.9.